The van der Waals surface area contributed by atoms with Gasteiger partial charge in [-0.2, -0.15) is 0 Å². The molecule has 2 nitrogen and oxygen atoms in total. The van der Waals surface area contributed by atoms with Gasteiger partial charge in [0.2, 0.25) is 0 Å². The minimum atomic E-state index is 0.584. The average Bonchev–Trinajstić information content (AvgIpc) is 3.19. The van der Waals surface area contributed by atoms with Crippen LogP contribution in [0, 0.1) is 0 Å². The van der Waals surface area contributed by atoms with E-state index in [1.807, 2.05) is 37.4 Å². The fourth-order valence-electron chi connectivity index (χ4n) is 2.59. The molecule has 0 unspecified atom stereocenters. The molecular weight excluding hydrogens is 391 g/mol. The number of rotatable bonds is 3. The van der Waals surface area contributed by atoms with E-state index in [0.717, 1.165) is 16.6 Å². The first-order valence-corrected chi connectivity index (χ1v) is 10.3. The maximum absolute atomic E-state index is 5.93. The summed E-state index contributed by atoms with van der Waals surface area (Å²) < 4.78 is 2.55. The Kier molecular flexibility index (Phi) is 6.34. The summed E-state index contributed by atoms with van der Waals surface area (Å²) in [5, 5.41) is 11.4. The molecule has 3 N–H and O–H groups in total. The highest BCUT2D eigenvalue weighted by Crippen LogP contribution is 2.29. The molecule has 0 saturated carbocycles. The van der Waals surface area contributed by atoms with E-state index >= 15 is 0 Å². The van der Waals surface area contributed by atoms with Crippen molar-refractivity contribution in [3.63, 3.8) is 0 Å². The summed E-state index contributed by atoms with van der Waals surface area (Å²) in [6.07, 6.45) is 0. The summed E-state index contributed by atoms with van der Waals surface area (Å²) >= 11 is 15.3. The predicted molar refractivity (Wildman–Crippen MR) is 114 cm³/mol. The molecule has 0 aliphatic rings. The van der Waals surface area contributed by atoms with E-state index in [0.29, 0.717) is 6.54 Å². The molecule has 6 heteroatoms. The number of hydrogen-bond donors (Lipinski definition) is 2. The standard InChI is InChI=1S/C10H10ClNS.C9H8ClNS/c1-12-5-7-6-13-10-3-2-8(11)4-9(7)10;10-7-1-2-9-8(3-7)6(4-11)5-12-9/h2-4,6,12H,5H2,1H3;1-3,5H,4,11H2. The quantitative estimate of drug-likeness (QED) is 0.417. The molecule has 0 amide bonds. The van der Waals surface area contributed by atoms with Crippen LogP contribution in [-0.2, 0) is 13.1 Å². The molecule has 0 fully saturated rings. The Hall–Kier alpha value is -1.14. The van der Waals surface area contributed by atoms with Crippen molar-refractivity contribution >= 4 is 66.0 Å². The van der Waals surface area contributed by atoms with Gasteiger partial charge in [0, 0.05) is 32.5 Å². The van der Waals surface area contributed by atoms with Gasteiger partial charge in [0.1, 0.15) is 0 Å². The van der Waals surface area contributed by atoms with E-state index in [2.05, 4.69) is 22.1 Å². The van der Waals surface area contributed by atoms with Crippen LogP contribution in [0.1, 0.15) is 11.1 Å². The second-order valence-electron chi connectivity index (χ2n) is 5.54. The Morgan fingerprint density at radius 1 is 0.880 bits per heavy atom. The zero-order valence-corrected chi connectivity index (χ0v) is 16.8. The van der Waals surface area contributed by atoms with Gasteiger partial charge in [0.25, 0.3) is 0 Å². The second-order valence-corrected chi connectivity index (χ2v) is 8.23. The van der Waals surface area contributed by atoms with Crippen molar-refractivity contribution in [2.45, 2.75) is 13.1 Å². The van der Waals surface area contributed by atoms with Crippen LogP contribution in [0.3, 0.4) is 0 Å². The van der Waals surface area contributed by atoms with Gasteiger partial charge in [-0.1, -0.05) is 23.2 Å². The Labute approximate surface area is 165 Å². The Balaban J connectivity index is 0.000000146. The van der Waals surface area contributed by atoms with Crippen molar-refractivity contribution < 1.29 is 0 Å². The van der Waals surface area contributed by atoms with Gasteiger partial charge in [0.15, 0.2) is 0 Å². The minimum absolute atomic E-state index is 0.584. The molecule has 0 aliphatic carbocycles. The van der Waals surface area contributed by atoms with Gasteiger partial charge in [-0.05, 0) is 76.1 Å². The maximum atomic E-state index is 5.93. The van der Waals surface area contributed by atoms with E-state index in [9.17, 15) is 0 Å². The fraction of sp³-hybridized carbons (Fsp3) is 0.158. The monoisotopic (exact) mass is 408 g/mol. The molecule has 2 aromatic carbocycles. The number of halogens is 2. The van der Waals surface area contributed by atoms with Gasteiger partial charge < -0.3 is 11.1 Å². The average molecular weight is 409 g/mol. The molecule has 25 heavy (non-hydrogen) atoms. The maximum Gasteiger partial charge on any atom is 0.0413 e. The first-order chi connectivity index (χ1) is 12.1. The molecule has 0 bridgehead atoms. The van der Waals surface area contributed by atoms with Crippen LogP contribution in [0.5, 0.6) is 0 Å². The Morgan fingerprint density at radius 2 is 1.40 bits per heavy atom. The van der Waals surface area contributed by atoms with E-state index in [-0.39, 0.29) is 0 Å². The molecule has 0 radical (unpaired) electrons. The lowest BCUT2D eigenvalue weighted by molar-refractivity contribution is 0.826. The van der Waals surface area contributed by atoms with Crippen LogP contribution in [0.2, 0.25) is 10.0 Å². The summed E-state index contributed by atoms with van der Waals surface area (Å²) in [7, 11) is 1.95. The predicted octanol–water partition coefficient (Wildman–Crippen LogP) is 6.29. The second kappa shape index (κ2) is 8.49. The largest absolute Gasteiger partial charge is 0.326 e. The zero-order chi connectivity index (χ0) is 17.8. The molecule has 4 aromatic rings. The van der Waals surface area contributed by atoms with Crippen molar-refractivity contribution in [1.82, 2.24) is 5.32 Å². The van der Waals surface area contributed by atoms with Crippen LogP contribution in [0.4, 0.5) is 0 Å². The van der Waals surface area contributed by atoms with Crippen LogP contribution in [-0.4, -0.2) is 7.05 Å². The fourth-order valence-corrected chi connectivity index (χ4v) is 4.84. The molecule has 130 valence electrons. The molecule has 0 saturated heterocycles. The third-order valence-corrected chi connectivity index (χ3v) is 6.31. The van der Waals surface area contributed by atoms with Crippen molar-refractivity contribution in [3.05, 3.63) is 68.3 Å². The molecule has 2 heterocycles. The zero-order valence-electron chi connectivity index (χ0n) is 13.7. The van der Waals surface area contributed by atoms with E-state index < -0.39 is 0 Å². The van der Waals surface area contributed by atoms with Crippen LogP contribution in [0.15, 0.2) is 47.2 Å². The Morgan fingerprint density at radius 3 is 1.92 bits per heavy atom. The summed E-state index contributed by atoms with van der Waals surface area (Å²) in [5.74, 6) is 0. The molecule has 2 aromatic heterocycles. The van der Waals surface area contributed by atoms with Crippen LogP contribution < -0.4 is 11.1 Å². The van der Waals surface area contributed by atoms with E-state index in [4.69, 9.17) is 28.9 Å². The number of nitrogens with two attached hydrogens (primary N) is 1. The van der Waals surface area contributed by atoms with Gasteiger partial charge in [-0.3, -0.25) is 0 Å². The molecule has 0 aliphatic heterocycles. The van der Waals surface area contributed by atoms with Crippen molar-refractivity contribution in [2.24, 2.45) is 5.73 Å². The lowest BCUT2D eigenvalue weighted by Gasteiger charge is -1.97. The molecule has 0 atom stereocenters. The summed E-state index contributed by atoms with van der Waals surface area (Å²) in [4.78, 5) is 0. The number of nitrogens with one attached hydrogen (secondary N) is 1. The molecular formula is C19H18Cl2N2S2. The number of hydrogen-bond acceptors (Lipinski definition) is 4. The number of thiophene rings is 2. The van der Waals surface area contributed by atoms with Gasteiger partial charge >= 0.3 is 0 Å². The van der Waals surface area contributed by atoms with Crippen molar-refractivity contribution in [1.29, 1.82) is 0 Å². The smallest absolute Gasteiger partial charge is 0.0413 e. The number of benzene rings is 2. The first kappa shape index (κ1) is 18.6. The van der Waals surface area contributed by atoms with Gasteiger partial charge in [0.05, 0.1) is 0 Å². The highest BCUT2D eigenvalue weighted by Gasteiger charge is 2.03. The Bertz CT molecular complexity index is 992. The highest BCUT2D eigenvalue weighted by molar-refractivity contribution is 7.17. The summed E-state index contributed by atoms with van der Waals surface area (Å²) in [6.45, 7) is 1.49. The normalized spacial score (nSPS) is 10.9. The molecule has 4 rings (SSSR count). The van der Waals surface area contributed by atoms with E-state index in [1.54, 1.807) is 22.7 Å². The topological polar surface area (TPSA) is 38.0 Å². The van der Waals surface area contributed by atoms with Crippen molar-refractivity contribution in [2.75, 3.05) is 7.05 Å². The highest BCUT2D eigenvalue weighted by atomic mass is 35.5. The van der Waals surface area contributed by atoms with Crippen LogP contribution in [0.25, 0.3) is 20.2 Å². The summed E-state index contributed by atoms with van der Waals surface area (Å²) in [6, 6.07) is 11.9. The first-order valence-electron chi connectivity index (χ1n) is 7.78. The summed E-state index contributed by atoms with van der Waals surface area (Å²) in [5.41, 5.74) is 8.08. The van der Waals surface area contributed by atoms with Gasteiger partial charge in [-0.25, -0.2) is 0 Å². The molecule has 0 spiro atoms. The third-order valence-electron chi connectivity index (χ3n) is 3.82. The van der Waals surface area contributed by atoms with Crippen molar-refractivity contribution in [3.8, 4) is 0 Å². The van der Waals surface area contributed by atoms with E-state index in [1.165, 1.54) is 31.3 Å². The lowest BCUT2D eigenvalue weighted by Crippen LogP contribution is -2.03. The SMILES string of the molecule is CNCc1csc2ccc(Cl)cc12.NCc1csc2ccc(Cl)cc12. The lowest BCUT2D eigenvalue weighted by atomic mass is 10.2. The third kappa shape index (κ3) is 4.34. The minimum Gasteiger partial charge on any atom is -0.326 e. The van der Waals surface area contributed by atoms with Gasteiger partial charge in [-0.15, -0.1) is 22.7 Å². The number of fused-ring (bicyclic) bond motifs is 2. The van der Waals surface area contributed by atoms with Crippen LogP contribution >= 0.6 is 45.9 Å².